The van der Waals surface area contributed by atoms with Crippen molar-refractivity contribution in [3.05, 3.63) is 91.2 Å². The molecule has 6 rings (SSSR count). The maximum absolute atomic E-state index is 14.1. The Kier molecular flexibility index (Phi) is 7.16. The van der Waals surface area contributed by atoms with Crippen molar-refractivity contribution in [3.63, 3.8) is 0 Å². The average Bonchev–Trinajstić information content (AvgIpc) is 3.28. The number of aliphatic hydroxyl groups is 1. The predicted octanol–water partition coefficient (Wildman–Crippen LogP) is 3.98. The molecular formula is C29H27BrF3N7O3. The van der Waals surface area contributed by atoms with E-state index >= 15 is 0 Å². The van der Waals surface area contributed by atoms with Gasteiger partial charge in [0.25, 0.3) is 11.5 Å². The van der Waals surface area contributed by atoms with Crippen LogP contribution >= 0.6 is 15.9 Å². The predicted molar refractivity (Wildman–Crippen MR) is 155 cm³/mol. The molecule has 1 amide bonds. The molecule has 1 aromatic carbocycles. The van der Waals surface area contributed by atoms with Gasteiger partial charge in [-0.25, -0.2) is 19.2 Å². The molecule has 1 N–H and O–H groups in total. The van der Waals surface area contributed by atoms with Gasteiger partial charge < -0.3 is 14.9 Å². The molecule has 14 heteroatoms. The van der Waals surface area contributed by atoms with Crippen molar-refractivity contribution < 1.29 is 23.1 Å². The zero-order valence-electron chi connectivity index (χ0n) is 23.4. The van der Waals surface area contributed by atoms with E-state index in [1.54, 1.807) is 29.9 Å². The number of pyridine rings is 1. The van der Waals surface area contributed by atoms with Crippen molar-refractivity contribution in [2.45, 2.75) is 52.1 Å². The van der Waals surface area contributed by atoms with Crippen LogP contribution in [0, 0.1) is 13.8 Å². The Morgan fingerprint density at radius 2 is 1.86 bits per heavy atom. The molecule has 1 saturated heterocycles. The molecule has 0 spiro atoms. The minimum atomic E-state index is -4.64. The fourth-order valence-electron chi connectivity index (χ4n) is 5.51. The van der Waals surface area contributed by atoms with Crippen LogP contribution in [0.25, 0.3) is 11.6 Å². The van der Waals surface area contributed by atoms with Crippen LogP contribution in [0.1, 0.15) is 45.5 Å². The summed E-state index contributed by atoms with van der Waals surface area (Å²) >= 11 is 2.92. The number of amides is 1. The summed E-state index contributed by atoms with van der Waals surface area (Å²) in [6.45, 7) is 6.29. The van der Waals surface area contributed by atoms with Gasteiger partial charge in [-0.15, -0.1) is 0 Å². The van der Waals surface area contributed by atoms with E-state index in [4.69, 9.17) is 4.98 Å². The molecule has 5 heterocycles. The molecule has 224 valence electrons. The zero-order chi connectivity index (χ0) is 30.8. The van der Waals surface area contributed by atoms with Gasteiger partial charge >= 0.3 is 6.18 Å². The molecule has 2 aliphatic heterocycles. The molecule has 10 nitrogen and oxygen atoms in total. The number of benzene rings is 1. The van der Waals surface area contributed by atoms with Crippen LogP contribution < -0.4 is 10.5 Å². The van der Waals surface area contributed by atoms with Gasteiger partial charge in [-0.3, -0.25) is 9.59 Å². The van der Waals surface area contributed by atoms with E-state index in [1.807, 2.05) is 24.8 Å². The Bertz CT molecular complexity index is 1800. The average molecular weight is 658 g/mol. The summed E-state index contributed by atoms with van der Waals surface area (Å²) in [5.74, 6) is 0.281. The first-order chi connectivity index (χ1) is 20.3. The Hall–Kier alpha value is -4.04. The number of aryl methyl sites for hydroxylation is 2. The van der Waals surface area contributed by atoms with Gasteiger partial charge in [0.1, 0.15) is 5.82 Å². The Labute approximate surface area is 252 Å². The van der Waals surface area contributed by atoms with Crippen molar-refractivity contribution in [2.24, 2.45) is 0 Å². The largest absolute Gasteiger partial charge is 0.417 e. The van der Waals surface area contributed by atoms with Crippen LogP contribution in [-0.2, 0) is 19.1 Å². The van der Waals surface area contributed by atoms with E-state index in [0.717, 1.165) is 11.8 Å². The number of hydrogen-bond acceptors (Lipinski definition) is 7. The summed E-state index contributed by atoms with van der Waals surface area (Å²) in [7, 11) is 0. The van der Waals surface area contributed by atoms with E-state index in [-0.39, 0.29) is 34.5 Å². The van der Waals surface area contributed by atoms with Gasteiger partial charge in [0.15, 0.2) is 0 Å². The summed E-state index contributed by atoms with van der Waals surface area (Å²) in [5, 5.41) is 14.2. The van der Waals surface area contributed by atoms with E-state index in [2.05, 4.69) is 26.0 Å². The molecule has 2 aliphatic rings. The maximum Gasteiger partial charge on any atom is 0.417 e. The van der Waals surface area contributed by atoms with Gasteiger partial charge in [-0.2, -0.15) is 18.3 Å². The molecule has 1 fully saturated rings. The lowest BCUT2D eigenvalue weighted by molar-refractivity contribution is -0.138. The summed E-state index contributed by atoms with van der Waals surface area (Å²) in [5.41, 5.74) is 1.26. The van der Waals surface area contributed by atoms with Gasteiger partial charge in [0.05, 0.1) is 41.5 Å². The molecule has 0 bridgehead atoms. The van der Waals surface area contributed by atoms with Crippen molar-refractivity contribution in [2.75, 3.05) is 18.0 Å². The molecule has 3 aromatic heterocycles. The minimum Gasteiger partial charge on any atom is -0.389 e. The summed E-state index contributed by atoms with van der Waals surface area (Å²) in [6.07, 6.45) is -3.31. The summed E-state index contributed by atoms with van der Waals surface area (Å²) in [4.78, 5) is 40.3. The second-order valence-corrected chi connectivity index (χ2v) is 11.8. The van der Waals surface area contributed by atoms with E-state index in [0.29, 0.717) is 41.5 Å². The lowest BCUT2D eigenvalue weighted by Gasteiger charge is -2.36. The smallest absolute Gasteiger partial charge is 0.389 e. The number of aliphatic hydroxyl groups excluding tert-OH is 1. The van der Waals surface area contributed by atoms with Crippen molar-refractivity contribution in [3.8, 4) is 11.6 Å². The number of hydrogen-bond donors (Lipinski definition) is 1. The van der Waals surface area contributed by atoms with E-state index < -0.39 is 29.8 Å². The standard InChI is InChI=1S/C29H27BrF3N7O3/c1-15-8-17(3)40(36-15)28-35-24-14-38(26(42)18-4-6-23(30)22(10-18)29(31,32)33)16(2)9-21(24)27(43)39(28)19-5-7-25(34-11-19)37-12-20(41)13-37/h4-8,10-11,16,20,41H,9,12-14H2,1-3H3/t16-/m1/s1. The number of anilines is 1. The first-order valence-electron chi connectivity index (χ1n) is 13.6. The van der Waals surface area contributed by atoms with Gasteiger partial charge in [0.2, 0.25) is 5.95 Å². The third kappa shape index (κ3) is 5.22. The molecule has 0 unspecified atom stereocenters. The van der Waals surface area contributed by atoms with Gasteiger partial charge in [-0.05, 0) is 63.6 Å². The van der Waals surface area contributed by atoms with Crippen LogP contribution in [0.4, 0.5) is 19.0 Å². The third-order valence-corrected chi connectivity index (χ3v) is 8.44. The third-order valence-electron chi connectivity index (χ3n) is 7.75. The second-order valence-electron chi connectivity index (χ2n) is 10.9. The van der Waals surface area contributed by atoms with Crippen LogP contribution in [-0.4, -0.2) is 65.5 Å². The zero-order valence-corrected chi connectivity index (χ0v) is 25.0. The number of fused-ring (bicyclic) bond motifs is 1. The lowest BCUT2D eigenvalue weighted by Crippen LogP contribution is -2.51. The van der Waals surface area contributed by atoms with Crippen LogP contribution in [0.3, 0.4) is 0 Å². The maximum atomic E-state index is 14.1. The van der Waals surface area contributed by atoms with Crippen LogP contribution in [0.15, 0.2) is 51.9 Å². The highest BCUT2D eigenvalue weighted by Crippen LogP contribution is 2.36. The lowest BCUT2D eigenvalue weighted by atomic mass is 9.98. The number of β-amino-alcohol motifs (C(OH)–C–C–N with tert-alkyl or cyclic N) is 1. The Morgan fingerprint density at radius 1 is 1.12 bits per heavy atom. The topological polar surface area (TPSA) is 109 Å². The summed E-state index contributed by atoms with van der Waals surface area (Å²) < 4.78 is 43.5. The Morgan fingerprint density at radius 3 is 2.47 bits per heavy atom. The van der Waals surface area contributed by atoms with Crippen molar-refractivity contribution in [1.29, 1.82) is 0 Å². The highest BCUT2D eigenvalue weighted by Gasteiger charge is 2.36. The molecule has 0 saturated carbocycles. The molecule has 1 atom stereocenters. The SMILES string of the molecule is Cc1cc(C)n(-c2nc3c(c(=O)n2-c2ccc(N4CC(O)C4)nc2)C[C@@H](C)N(C(=O)c2ccc(Br)c(C(F)(F)F)c2)C3)n1. The first kappa shape index (κ1) is 29.1. The number of carbonyl (C=O) groups excluding carboxylic acids is 1. The molecular weight excluding hydrogens is 631 g/mol. The van der Waals surface area contributed by atoms with Gasteiger partial charge in [0, 0.05) is 40.4 Å². The highest BCUT2D eigenvalue weighted by atomic mass is 79.9. The minimum absolute atomic E-state index is 0.0659. The monoisotopic (exact) mass is 657 g/mol. The molecule has 43 heavy (non-hydrogen) atoms. The van der Waals surface area contributed by atoms with Crippen LogP contribution in [0.5, 0.6) is 0 Å². The first-order valence-corrected chi connectivity index (χ1v) is 14.4. The Balaban J connectivity index is 1.42. The molecule has 4 aromatic rings. The van der Waals surface area contributed by atoms with Crippen molar-refractivity contribution in [1.82, 2.24) is 29.2 Å². The van der Waals surface area contributed by atoms with Crippen molar-refractivity contribution >= 4 is 27.7 Å². The number of aromatic nitrogens is 5. The van der Waals surface area contributed by atoms with E-state index in [1.165, 1.54) is 21.6 Å². The second kappa shape index (κ2) is 10.6. The van der Waals surface area contributed by atoms with Crippen LogP contribution in [0.2, 0.25) is 0 Å². The normalized spacial score (nSPS) is 17.2. The number of halogens is 4. The number of alkyl halides is 3. The number of rotatable bonds is 4. The number of nitrogens with zero attached hydrogens (tertiary/aromatic N) is 7. The number of carbonyl (C=O) groups is 1. The fraction of sp³-hybridized carbons (Fsp3) is 0.345. The highest BCUT2D eigenvalue weighted by molar-refractivity contribution is 9.10. The molecule has 0 aliphatic carbocycles. The van der Waals surface area contributed by atoms with Gasteiger partial charge in [-0.1, -0.05) is 15.9 Å². The molecule has 0 radical (unpaired) electrons. The van der Waals surface area contributed by atoms with E-state index in [9.17, 15) is 27.9 Å². The quantitative estimate of drug-likeness (QED) is 0.354. The fourth-order valence-corrected chi connectivity index (χ4v) is 5.98. The summed E-state index contributed by atoms with van der Waals surface area (Å²) in [6, 6.07) is 8.27.